The number of piperazine rings is 1. The molecule has 2 heterocycles. The molecule has 1 atom stereocenters. The van der Waals surface area contributed by atoms with Crippen LogP contribution in [0.25, 0.3) is 0 Å². The SMILES string of the molecule is Clc1ccc(C(c2ccccc2)N2CCN(Cc3ncsn3)CC2)cc1. The lowest BCUT2D eigenvalue weighted by molar-refractivity contribution is 0.103. The zero-order valence-electron chi connectivity index (χ0n) is 14.5. The molecule has 26 heavy (non-hydrogen) atoms. The Bertz CT molecular complexity index is 800. The lowest BCUT2D eigenvalue weighted by Gasteiger charge is -2.39. The number of hydrogen-bond acceptors (Lipinski definition) is 5. The van der Waals surface area contributed by atoms with Crippen molar-refractivity contribution in [1.29, 1.82) is 0 Å². The van der Waals surface area contributed by atoms with E-state index in [1.165, 1.54) is 22.7 Å². The van der Waals surface area contributed by atoms with E-state index in [0.717, 1.165) is 43.6 Å². The zero-order valence-corrected chi connectivity index (χ0v) is 16.0. The van der Waals surface area contributed by atoms with Gasteiger partial charge in [-0.1, -0.05) is 54.1 Å². The standard InChI is InChI=1S/C20H21ClN4S/c21-18-8-6-17(7-9-18)20(16-4-2-1-3-5-16)25-12-10-24(11-13-25)14-19-22-15-26-23-19/h1-9,15,20H,10-14H2. The Balaban J connectivity index is 1.51. The monoisotopic (exact) mass is 384 g/mol. The Kier molecular flexibility index (Phi) is 5.60. The van der Waals surface area contributed by atoms with E-state index < -0.39 is 0 Å². The Morgan fingerprint density at radius 3 is 2.27 bits per heavy atom. The molecule has 4 nitrogen and oxygen atoms in total. The molecule has 1 unspecified atom stereocenters. The predicted molar refractivity (Wildman–Crippen MR) is 106 cm³/mol. The van der Waals surface area contributed by atoms with Gasteiger partial charge in [0.15, 0.2) is 5.82 Å². The Morgan fingerprint density at radius 2 is 1.62 bits per heavy atom. The van der Waals surface area contributed by atoms with E-state index in [-0.39, 0.29) is 6.04 Å². The van der Waals surface area contributed by atoms with E-state index in [1.54, 1.807) is 5.51 Å². The van der Waals surface area contributed by atoms with Crippen LogP contribution in [0.15, 0.2) is 60.1 Å². The van der Waals surface area contributed by atoms with Crippen molar-refractivity contribution >= 4 is 23.1 Å². The van der Waals surface area contributed by atoms with Crippen LogP contribution in [0.5, 0.6) is 0 Å². The number of aromatic nitrogens is 2. The first-order chi connectivity index (χ1) is 12.8. The largest absolute Gasteiger partial charge is 0.293 e. The number of nitrogens with zero attached hydrogens (tertiary/aromatic N) is 4. The lowest BCUT2D eigenvalue weighted by Crippen LogP contribution is -2.47. The minimum atomic E-state index is 0.257. The molecule has 1 saturated heterocycles. The normalized spacial score (nSPS) is 17.3. The van der Waals surface area contributed by atoms with Crippen LogP contribution >= 0.6 is 23.1 Å². The van der Waals surface area contributed by atoms with Gasteiger partial charge in [0.25, 0.3) is 0 Å². The van der Waals surface area contributed by atoms with Crippen LogP contribution < -0.4 is 0 Å². The molecule has 0 N–H and O–H groups in total. The molecule has 134 valence electrons. The van der Waals surface area contributed by atoms with Crippen LogP contribution in [0.4, 0.5) is 0 Å². The van der Waals surface area contributed by atoms with E-state index in [2.05, 4.69) is 61.6 Å². The van der Waals surface area contributed by atoms with Gasteiger partial charge in [0, 0.05) is 31.2 Å². The molecule has 6 heteroatoms. The number of hydrogen-bond donors (Lipinski definition) is 0. The van der Waals surface area contributed by atoms with Crippen LogP contribution in [0.3, 0.4) is 0 Å². The van der Waals surface area contributed by atoms with Crippen molar-refractivity contribution in [3.63, 3.8) is 0 Å². The van der Waals surface area contributed by atoms with Gasteiger partial charge in [-0.2, -0.15) is 4.37 Å². The van der Waals surface area contributed by atoms with Gasteiger partial charge in [-0.15, -0.1) is 0 Å². The molecule has 0 aliphatic carbocycles. The van der Waals surface area contributed by atoms with Crippen molar-refractivity contribution in [2.75, 3.05) is 26.2 Å². The summed E-state index contributed by atoms with van der Waals surface area (Å²) >= 11 is 7.52. The molecule has 1 aliphatic heterocycles. The second-order valence-electron chi connectivity index (χ2n) is 6.52. The second kappa shape index (κ2) is 8.27. The predicted octanol–water partition coefficient (Wildman–Crippen LogP) is 4.10. The van der Waals surface area contributed by atoms with Gasteiger partial charge in [0.1, 0.15) is 5.51 Å². The summed E-state index contributed by atoms with van der Waals surface area (Å²) in [6.07, 6.45) is 0. The summed E-state index contributed by atoms with van der Waals surface area (Å²) in [5, 5.41) is 0.779. The van der Waals surface area contributed by atoms with Crippen LogP contribution in [-0.4, -0.2) is 45.3 Å². The van der Waals surface area contributed by atoms with Crippen LogP contribution in [0.1, 0.15) is 23.0 Å². The molecule has 2 aromatic carbocycles. The van der Waals surface area contributed by atoms with Crippen molar-refractivity contribution < 1.29 is 0 Å². The van der Waals surface area contributed by atoms with Gasteiger partial charge >= 0.3 is 0 Å². The highest BCUT2D eigenvalue weighted by Gasteiger charge is 2.26. The molecule has 1 aromatic heterocycles. The first-order valence-electron chi connectivity index (χ1n) is 8.81. The topological polar surface area (TPSA) is 32.3 Å². The quantitative estimate of drug-likeness (QED) is 0.663. The molecule has 1 aliphatic rings. The molecule has 0 radical (unpaired) electrons. The van der Waals surface area contributed by atoms with E-state index in [1.807, 2.05) is 12.1 Å². The average Bonchev–Trinajstić information content (AvgIpc) is 3.19. The molecule has 0 saturated carbocycles. The second-order valence-corrected chi connectivity index (χ2v) is 7.56. The van der Waals surface area contributed by atoms with Gasteiger partial charge in [-0.3, -0.25) is 9.80 Å². The van der Waals surface area contributed by atoms with Gasteiger partial charge in [-0.05, 0) is 34.8 Å². The van der Waals surface area contributed by atoms with Gasteiger partial charge < -0.3 is 0 Å². The Morgan fingerprint density at radius 1 is 0.923 bits per heavy atom. The van der Waals surface area contributed by atoms with Crippen LogP contribution in [0.2, 0.25) is 5.02 Å². The zero-order chi connectivity index (χ0) is 17.8. The van der Waals surface area contributed by atoms with E-state index in [4.69, 9.17) is 11.6 Å². The van der Waals surface area contributed by atoms with Crippen molar-refractivity contribution in [2.45, 2.75) is 12.6 Å². The van der Waals surface area contributed by atoms with Crippen molar-refractivity contribution in [2.24, 2.45) is 0 Å². The molecule has 0 amide bonds. The van der Waals surface area contributed by atoms with Gasteiger partial charge in [0.2, 0.25) is 0 Å². The third-order valence-electron chi connectivity index (χ3n) is 4.85. The Labute approximate surface area is 163 Å². The summed E-state index contributed by atoms with van der Waals surface area (Å²) in [5.74, 6) is 0.931. The van der Waals surface area contributed by atoms with E-state index >= 15 is 0 Å². The molecular weight excluding hydrogens is 364 g/mol. The van der Waals surface area contributed by atoms with Crippen LogP contribution in [0, 0.1) is 0 Å². The summed E-state index contributed by atoms with van der Waals surface area (Å²) < 4.78 is 4.33. The fourth-order valence-corrected chi connectivity index (χ4v) is 4.10. The summed E-state index contributed by atoms with van der Waals surface area (Å²) in [6.45, 7) is 4.93. The maximum absolute atomic E-state index is 6.10. The molecule has 1 fully saturated rings. The average molecular weight is 385 g/mol. The smallest absolute Gasteiger partial charge is 0.156 e. The first kappa shape index (κ1) is 17.6. The fourth-order valence-electron chi connectivity index (χ4n) is 3.54. The van der Waals surface area contributed by atoms with Crippen LogP contribution in [-0.2, 0) is 6.54 Å². The molecular formula is C20H21ClN4S. The summed E-state index contributed by atoms with van der Waals surface area (Å²) in [5.41, 5.74) is 4.41. The lowest BCUT2D eigenvalue weighted by atomic mass is 9.96. The molecule has 0 bridgehead atoms. The number of halogens is 1. The van der Waals surface area contributed by atoms with E-state index in [9.17, 15) is 0 Å². The summed E-state index contributed by atoms with van der Waals surface area (Å²) in [7, 11) is 0. The fraction of sp³-hybridized carbons (Fsp3) is 0.300. The van der Waals surface area contributed by atoms with Crippen molar-refractivity contribution in [1.82, 2.24) is 19.2 Å². The maximum Gasteiger partial charge on any atom is 0.156 e. The maximum atomic E-state index is 6.10. The minimum absolute atomic E-state index is 0.257. The summed E-state index contributed by atoms with van der Waals surface area (Å²) in [4.78, 5) is 9.30. The molecule has 0 spiro atoms. The number of benzene rings is 2. The molecule has 4 rings (SSSR count). The van der Waals surface area contributed by atoms with Gasteiger partial charge in [0.05, 0.1) is 12.6 Å². The van der Waals surface area contributed by atoms with E-state index in [0.29, 0.717) is 0 Å². The van der Waals surface area contributed by atoms with Gasteiger partial charge in [-0.25, -0.2) is 4.98 Å². The highest BCUT2D eigenvalue weighted by atomic mass is 35.5. The third kappa shape index (κ3) is 4.13. The van der Waals surface area contributed by atoms with Crippen molar-refractivity contribution in [3.05, 3.63) is 82.1 Å². The summed E-state index contributed by atoms with van der Waals surface area (Å²) in [6, 6.07) is 19.2. The molecule has 3 aromatic rings. The van der Waals surface area contributed by atoms with Crippen molar-refractivity contribution in [3.8, 4) is 0 Å². The third-order valence-corrected chi connectivity index (χ3v) is 5.61. The number of rotatable bonds is 5. The first-order valence-corrected chi connectivity index (χ1v) is 10.0. The highest BCUT2D eigenvalue weighted by molar-refractivity contribution is 7.03. The minimum Gasteiger partial charge on any atom is -0.293 e. The Hall–Kier alpha value is -1.79. The highest BCUT2D eigenvalue weighted by Crippen LogP contribution is 2.30.